The lowest BCUT2D eigenvalue weighted by Gasteiger charge is -2.22. The molecular formula is C16H16Cl2FN3O4S. The van der Waals surface area contributed by atoms with E-state index in [0.29, 0.717) is 10.6 Å². The number of rotatable bonds is 8. The maximum Gasteiger partial charge on any atom is 0.405 e. The Labute approximate surface area is 168 Å². The number of hydrogen-bond donors (Lipinski definition) is 4. The Morgan fingerprint density at radius 1 is 1.26 bits per heavy atom. The third-order valence-corrected chi connectivity index (χ3v) is 5.00. The highest BCUT2D eigenvalue weighted by Gasteiger charge is 2.25. The smallest absolute Gasteiger partial charge is 0.405 e. The minimum atomic E-state index is -1.36. The maximum absolute atomic E-state index is 13.2. The van der Waals surface area contributed by atoms with Crippen molar-refractivity contribution >= 4 is 46.5 Å². The molecule has 2 amide bonds. The van der Waals surface area contributed by atoms with E-state index in [-0.39, 0.29) is 6.54 Å². The molecule has 0 spiro atoms. The topological polar surface area (TPSA) is 112 Å². The molecule has 7 nitrogen and oxygen atoms in total. The molecule has 4 N–H and O–H groups in total. The lowest BCUT2D eigenvalue weighted by Crippen LogP contribution is -2.43. The number of aromatic nitrogens is 1. The first kappa shape index (κ1) is 21.4. The SMILES string of the molecule is O=C(O)NCc1ncc(-c2ccc([C@@H](O)[C@@H](CF)NC(=O)C(Cl)Cl)cc2)s1. The Balaban J connectivity index is 2.07. The van der Waals surface area contributed by atoms with Gasteiger partial charge >= 0.3 is 6.09 Å². The average Bonchev–Trinajstić information content (AvgIpc) is 3.12. The zero-order valence-corrected chi connectivity index (χ0v) is 16.1. The number of nitrogens with one attached hydrogen (secondary N) is 2. The van der Waals surface area contributed by atoms with E-state index in [2.05, 4.69) is 15.6 Å². The summed E-state index contributed by atoms with van der Waals surface area (Å²) in [5.41, 5.74) is 1.20. The summed E-state index contributed by atoms with van der Waals surface area (Å²) in [6.45, 7) is -0.888. The second-order valence-electron chi connectivity index (χ2n) is 5.41. The molecule has 2 atom stereocenters. The lowest BCUT2D eigenvalue weighted by molar-refractivity contribution is -0.121. The highest BCUT2D eigenvalue weighted by atomic mass is 35.5. The molecule has 2 rings (SSSR count). The van der Waals surface area contributed by atoms with E-state index in [9.17, 15) is 19.1 Å². The van der Waals surface area contributed by atoms with Crippen molar-refractivity contribution in [1.29, 1.82) is 0 Å². The standard InChI is InChI=1S/C16H16Cl2FN3O4S/c17-14(18)15(24)22-10(5-19)13(23)9-3-1-8(2-4-9)11-6-20-12(27-11)7-21-16(25)26/h1-4,6,10,13-14,21,23H,5,7H2,(H,22,24)(H,25,26)/t10-,13-/m1/s1. The van der Waals surface area contributed by atoms with Crippen LogP contribution in [0.5, 0.6) is 0 Å². The third-order valence-electron chi connectivity index (χ3n) is 3.55. The van der Waals surface area contributed by atoms with Crippen molar-refractivity contribution in [3.63, 3.8) is 0 Å². The summed E-state index contributed by atoms with van der Waals surface area (Å²) < 4.78 is 13.2. The highest BCUT2D eigenvalue weighted by molar-refractivity contribution is 7.15. The lowest BCUT2D eigenvalue weighted by atomic mass is 10.0. The van der Waals surface area contributed by atoms with Crippen molar-refractivity contribution in [2.24, 2.45) is 0 Å². The molecule has 1 heterocycles. The van der Waals surface area contributed by atoms with Crippen LogP contribution in [-0.2, 0) is 11.3 Å². The summed E-state index contributed by atoms with van der Waals surface area (Å²) in [5, 5.41) is 24.0. The van der Waals surface area contributed by atoms with Crippen molar-refractivity contribution < 1.29 is 24.2 Å². The van der Waals surface area contributed by atoms with Crippen LogP contribution < -0.4 is 10.6 Å². The number of amides is 2. The fraction of sp³-hybridized carbons (Fsp3) is 0.312. The van der Waals surface area contributed by atoms with Crippen LogP contribution in [0.25, 0.3) is 10.4 Å². The van der Waals surface area contributed by atoms with Crippen molar-refractivity contribution in [2.75, 3.05) is 6.67 Å². The molecule has 1 aromatic heterocycles. The zero-order valence-electron chi connectivity index (χ0n) is 13.7. The van der Waals surface area contributed by atoms with Crippen LogP contribution in [0.15, 0.2) is 30.5 Å². The maximum atomic E-state index is 13.2. The molecule has 0 fully saturated rings. The Morgan fingerprint density at radius 3 is 2.48 bits per heavy atom. The molecule has 0 aliphatic carbocycles. The van der Waals surface area contributed by atoms with Gasteiger partial charge in [-0.15, -0.1) is 11.3 Å². The number of halogens is 3. The summed E-state index contributed by atoms with van der Waals surface area (Å²) in [7, 11) is 0. The van der Waals surface area contributed by atoms with Gasteiger partial charge in [-0.1, -0.05) is 47.5 Å². The van der Waals surface area contributed by atoms with Crippen molar-refractivity contribution in [3.05, 3.63) is 41.0 Å². The number of benzene rings is 1. The van der Waals surface area contributed by atoms with Gasteiger partial charge in [0.1, 0.15) is 17.8 Å². The minimum Gasteiger partial charge on any atom is -0.465 e. The largest absolute Gasteiger partial charge is 0.465 e. The molecule has 27 heavy (non-hydrogen) atoms. The fourth-order valence-electron chi connectivity index (χ4n) is 2.20. The number of carbonyl (C=O) groups is 2. The Hall–Kier alpha value is -1.94. The predicted molar refractivity (Wildman–Crippen MR) is 101 cm³/mol. The summed E-state index contributed by atoms with van der Waals surface area (Å²) >= 11 is 12.2. The molecule has 0 saturated heterocycles. The number of thiazole rings is 1. The van der Waals surface area contributed by atoms with E-state index in [1.54, 1.807) is 30.5 Å². The second-order valence-corrected chi connectivity index (χ2v) is 7.63. The Bertz CT molecular complexity index is 788. The average molecular weight is 436 g/mol. The normalized spacial score (nSPS) is 13.2. The van der Waals surface area contributed by atoms with E-state index in [4.69, 9.17) is 28.3 Å². The monoisotopic (exact) mass is 435 g/mol. The van der Waals surface area contributed by atoms with E-state index in [1.165, 1.54) is 11.3 Å². The third kappa shape index (κ3) is 6.03. The number of alkyl halides is 3. The van der Waals surface area contributed by atoms with Crippen LogP contribution in [0.2, 0.25) is 0 Å². The van der Waals surface area contributed by atoms with Gasteiger partial charge in [-0.25, -0.2) is 14.2 Å². The van der Waals surface area contributed by atoms with E-state index < -0.39 is 35.7 Å². The van der Waals surface area contributed by atoms with Crippen molar-refractivity contribution in [1.82, 2.24) is 15.6 Å². The Kier molecular flexibility index (Phi) is 7.78. The molecule has 1 aromatic carbocycles. The molecule has 0 saturated carbocycles. The molecule has 0 unspecified atom stereocenters. The molecule has 146 valence electrons. The van der Waals surface area contributed by atoms with Gasteiger partial charge in [-0.3, -0.25) is 4.79 Å². The van der Waals surface area contributed by atoms with Crippen molar-refractivity contribution in [3.8, 4) is 10.4 Å². The summed E-state index contributed by atoms with van der Waals surface area (Å²) in [6, 6.07) is 5.44. The van der Waals surface area contributed by atoms with Gasteiger partial charge in [0.15, 0.2) is 4.84 Å². The predicted octanol–water partition coefficient (Wildman–Crippen LogP) is 2.87. The van der Waals surface area contributed by atoms with Crippen LogP contribution in [-0.4, -0.2) is 44.8 Å². The molecule has 0 aliphatic rings. The van der Waals surface area contributed by atoms with Crippen LogP contribution in [0.1, 0.15) is 16.7 Å². The van der Waals surface area contributed by atoms with Gasteiger partial charge < -0.3 is 20.8 Å². The van der Waals surface area contributed by atoms with Gasteiger partial charge in [0.05, 0.1) is 17.5 Å². The molecule has 0 radical (unpaired) electrons. The van der Waals surface area contributed by atoms with E-state index >= 15 is 0 Å². The molecule has 0 aliphatic heterocycles. The quantitative estimate of drug-likeness (QED) is 0.476. The first-order valence-electron chi connectivity index (χ1n) is 7.66. The van der Waals surface area contributed by atoms with Crippen LogP contribution in [0.3, 0.4) is 0 Å². The van der Waals surface area contributed by atoms with Crippen LogP contribution in [0.4, 0.5) is 9.18 Å². The molecule has 0 bridgehead atoms. The highest BCUT2D eigenvalue weighted by Crippen LogP contribution is 2.28. The first-order chi connectivity index (χ1) is 12.8. The summed E-state index contributed by atoms with van der Waals surface area (Å²) in [4.78, 5) is 25.6. The molecule has 11 heteroatoms. The van der Waals surface area contributed by atoms with Gasteiger partial charge in [0.25, 0.3) is 5.91 Å². The molecular weight excluding hydrogens is 420 g/mol. The summed E-state index contributed by atoms with van der Waals surface area (Å²) in [5.74, 6) is -0.788. The van der Waals surface area contributed by atoms with Gasteiger partial charge in [-0.05, 0) is 11.1 Å². The number of aliphatic hydroxyl groups excluding tert-OH is 1. The van der Waals surface area contributed by atoms with Crippen LogP contribution >= 0.6 is 34.5 Å². The van der Waals surface area contributed by atoms with Gasteiger partial charge in [-0.2, -0.15) is 0 Å². The number of nitrogens with zero attached hydrogens (tertiary/aromatic N) is 1. The van der Waals surface area contributed by atoms with Crippen LogP contribution in [0, 0.1) is 0 Å². The Morgan fingerprint density at radius 2 is 1.93 bits per heavy atom. The first-order valence-corrected chi connectivity index (χ1v) is 9.35. The number of aliphatic hydroxyl groups is 1. The fourth-order valence-corrected chi connectivity index (χ4v) is 3.19. The minimum absolute atomic E-state index is 0.108. The number of carboxylic acid groups (broad SMARTS) is 1. The van der Waals surface area contributed by atoms with E-state index in [0.717, 1.165) is 10.4 Å². The second kappa shape index (κ2) is 9.84. The zero-order chi connectivity index (χ0) is 20.0. The van der Waals surface area contributed by atoms with Gasteiger partial charge in [0.2, 0.25) is 0 Å². The number of hydrogen-bond acceptors (Lipinski definition) is 5. The number of carbonyl (C=O) groups excluding carboxylic acids is 1. The van der Waals surface area contributed by atoms with E-state index in [1.807, 2.05) is 0 Å². The summed E-state index contributed by atoms with van der Waals surface area (Å²) in [6.07, 6.45) is -0.799. The van der Waals surface area contributed by atoms with Gasteiger partial charge in [0, 0.05) is 6.20 Å². The molecule has 2 aromatic rings. The van der Waals surface area contributed by atoms with Crippen molar-refractivity contribution in [2.45, 2.75) is 23.5 Å².